The number of esters is 1. The van der Waals surface area contributed by atoms with Gasteiger partial charge in [0, 0.05) is 6.42 Å². The number of carboxylic acids is 1. The number of carbonyl (C=O) groups excluding carboxylic acids is 1. The van der Waals surface area contributed by atoms with Crippen molar-refractivity contribution >= 4 is 11.9 Å². The molecule has 0 heterocycles. The zero-order valence-corrected chi connectivity index (χ0v) is 9.08. The molecule has 1 aromatic rings. The van der Waals surface area contributed by atoms with Crippen LogP contribution in [0.3, 0.4) is 0 Å². The van der Waals surface area contributed by atoms with Gasteiger partial charge in [-0.2, -0.15) is 0 Å². The molecule has 6 nitrogen and oxygen atoms in total. The molecule has 0 saturated heterocycles. The molecule has 0 aliphatic carbocycles. The number of hydrogen-bond donors (Lipinski definition) is 3. The van der Waals surface area contributed by atoms with Crippen LogP contribution in [0.1, 0.15) is 15.9 Å². The van der Waals surface area contributed by atoms with Gasteiger partial charge in [0.15, 0.2) is 6.10 Å². The van der Waals surface area contributed by atoms with Crippen molar-refractivity contribution in [2.75, 3.05) is 7.11 Å². The van der Waals surface area contributed by atoms with Crippen molar-refractivity contribution in [1.82, 2.24) is 0 Å². The van der Waals surface area contributed by atoms with Crippen molar-refractivity contribution < 1.29 is 29.6 Å². The molecule has 3 N–H and O–H groups in total. The third-order valence-electron chi connectivity index (χ3n) is 2.22. The summed E-state index contributed by atoms with van der Waals surface area (Å²) in [4.78, 5) is 21.6. The lowest BCUT2D eigenvalue weighted by atomic mass is 10.0. The highest BCUT2D eigenvalue weighted by atomic mass is 16.5. The van der Waals surface area contributed by atoms with Gasteiger partial charge in [0.1, 0.15) is 5.75 Å². The largest absolute Gasteiger partial charge is 0.508 e. The number of phenols is 1. The maximum Gasteiger partial charge on any atom is 0.335 e. The fourth-order valence-electron chi connectivity index (χ4n) is 1.30. The fourth-order valence-corrected chi connectivity index (χ4v) is 1.30. The van der Waals surface area contributed by atoms with Gasteiger partial charge in [-0.1, -0.05) is 6.07 Å². The first-order valence-electron chi connectivity index (χ1n) is 4.76. The Balaban J connectivity index is 2.86. The van der Waals surface area contributed by atoms with Gasteiger partial charge in [0.25, 0.3) is 0 Å². The Morgan fingerprint density at radius 1 is 1.41 bits per heavy atom. The number of benzene rings is 1. The highest BCUT2D eigenvalue weighted by Gasteiger charge is 2.18. The van der Waals surface area contributed by atoms with Crippen LogP contribution in [0.25, 0.3) is 0 Å². The second kappa shape index (κ2) is 5.31. The number of rotatable bonds is 4. The maximum atomic E-state index is 11.0. The summed E-state index contributed by atoms with van der Waals surface area (Å²) in [6.45, 7) is 0. The third-order valence-corrected chi connectivity index (χ3v) is 2.22. The van der Waals surface area contributed by atoms with E-state index in [0.29, 0.717) is 0 Å². The van der Waals surface area contributed by atoms with E-state index in [0.717, 1.165) is 13.2 Å². The first-order chi connectivity index (χ1) is 7.95. The van der Waals surface area contributed by atoms with Crippen LogP contribution < -0.4 is 0 Å². The minimum atomic E-state index is -1.39. The SMILES string of the molecule is COC(=O)[C@H](O)Cc1ccc(C(=O)O)cc1O. The molecule has 1 rings (SSSR count). The lowest BCUT2D eigenvalue weighted by Gasteiger charge is -2.09. The Bertz CT molecular complexity index is 440. The van der Waals surface area contributed by atoms with E-state index in [9.17, 15) is 19.8 Å². The fraction of sp³-hybridized carbons (Fsp3) is 0.273. The van der Waals surface area contributed by atoms with Crippen LogP contribution in [-0.4, -0.2) is 40.5 Å². The molecule has 6 heteroatoms. The van der Waals surface area contributed by atoms with Crippen molar-refractivity contribution in [2.45, 2.75) is 12.5 Å². The molecule has 0 radical (unpaired) electrons. The number of ether oxygens (including phenoxy) is 1. The number of phenolic OH excluding ortho intramolecular Hbond substituents is 1. The van der Waals surface area contributed by atoms with E-state index in [1.54, 1.807) is 0 Å². The standard InChI is InChI=1S/C11H12O6/c1-17-11(16)9(13)4-6-2-3-7(10(14)15)5-8(6)12/h2-3,5,9,12-13H,4H2,1H3,(H,14,15)/t9-/m1/s1. The number of carbonyl (C=O) groups is 2. The Kier molecular flexibility index (Phi) is 4.06. The molecule has 0 aliphatic heterocycles. The van der Waals surface area contributed by atoms with Crippen molar-refractivity contribution in [3.63, 3.8) is 0 Å². The van der Waals surface area contributed by atoms with Crippen LogP contribution in [-0.2, 0) is 16.0 Å². The van der Waals surface area contributed by atoms with E-state index < -0.39 is 18.0 Å². The van der Waals surface area contributed by atoms with Crippen molar-refractivity contribution in [2.24, 2.45) is 0 Å². The van der Waals surface area contributed by atoms with Gasteiger partial charge in [0.2, 0.25) is 0 Å². The molecule has 0 bridgehead atoms. The van der Waals surface area contributed by atoms with Crippen molar-refractivity contribution in [1.29, 1.82) is 0 Å². The highest BCUT2D eigenvalue weighted by Crippen LogP contribution is 2.20. The zero-order chi connectivity index (χ0) is 13.0. The molecule has 0 aromatic heterocycles. The van der Waals surface area contributed by atoms with Crippen LogP contribution in [0.15, 0.2) is 18.2 Å². The summed E-state index contributed by atoms with van der Waals surface area (Å²) in [5.41, 5.74) is 0.201. The summed E-state index contributed by atoms with van der Waals surface area (Å²) in [6, 6.07) is 3.67. The molecule has 0 unspecified atom stereocenters. The predicted octanol–water partition coefficient (Wildman–Crippen LogP) is 0.167. The monoisotopic (exact) mass is 240 g/mol. The number of methoxy groups -OCH3 is 1. The lowest BCUT2D eigenvalue weighted by molar-refractivity contribution is -0.150. The summed E-state index contributed by atoms with van der Waals surface area (Å²) < 4.78 is 4.32. The zero-order valence-electron chi connectivity index (χ0n) is 9.08. The minimum Gasteiger partial charge on any atom is -0.508 e. The molecule has 1 atom stereocenters. The molecule has 0 aliphatic rings. The van der Waals surface area contributed by atoms with Gasteiger partial charge in [-0.3, -0.25) is 0 Å². The Labute approximate surface area is 97.1 Å². The highest BCUT2D eigenvalue weighted by molar-refractivity contribution is 5.88. The summed E-state index contributed by atoms with van der Waals surface area (Å²) in [5.74, 6) is -2.26. The maximum absolute atomic E-state index is 11.0. The molecule has 17 heavy (non-hydrogen) atoms. The number of aliphatic hydroxyl groups is 1. The second-order valence-electron chi connectivity index (χ2n) is 3.39. The predicted molar refractivity (Wildman–Crippen MR) is 56.8 cm³/mol. The van der Waals surface area contributed by atoms with Gasteiger partial charge in [0.05, 0.1) is 12.7 Å². The average Bonchev–Trinajstić information content (AvgIpc) is 2.30. The molecule has 0 spiro atoms. The first kappa shape index (κ1) is 13.0. The third kappa shape index (κ3) is 3.18. The van der Waals surface area contributed by atoms with Crippen LogP contribution >= 0.6 is 0 Å². The van der Waals surface area contributed by atoms with E-state index in [-0.39, 0.29) is 23.3 Å². The van der Waals surface area contributed by atoms with Crippen LogP contribution in [0, 0.1) is 0 Å². The summed E-state index contributed by atoms with van der Waals surface area (Å²) in [5, 5.41) is 27.6. The van der Waals surface area contributed by atoms with E-state index in [2.05, 4.69) is 4.74 Å². The van der Waals surface area contributed by atoms with Crippen LogP contribution in [0.2, 0.25) is 0 Å². The smallest absolute Gasteiger partial charge is 0.335 e. The van der Waals surface area contributed by atoms with E-state index in [1.807, 2.05) is 0 Å². The minimum absolute atomic E-state index is 0.0705. The Morgan fingerprint density at radius 3 is 2.53 bits per heavy atom. The van der Waals surface area contributed by atoms with Crippen LogP contribution in [0.4, 0.5) is 0 Å². The molecular formula is C11H12O6. The topological polar surface area (TPSA) is 104 Å². The summed E-state index contributed by atoms with van der Waals surface area (Å²) >= 11 is 0. The molecule has 92 valence electrons. The molecular weight excluding hydrogens is 228 g/mol. The summed E-state index contributed by atoms with van der Waals surface area (Å²) in [7, 11) is 1.14. The average molecular weight is 240 g/mol. The van der Waals surface area contributed by atoms with E-state index in [1.165, 1.54) is 12.1 Å². The lowest BCUT2D eigenvalue weighted by Crippen LogP contribution is -2.24. The van der Waals surface area contributed by atoms with E-state index in [4.69, 9.17) is 5.11 Å². The Morgan fingerprint density at radius 2 is 2.06 bits per heavy atom. The van der Waals surface area contributed by atoms with Gasteiger partial charge >= 0.3 is 11.9 Å². The number of carboxylic acid groups (broad SMARTS) is 1. The number of hydrogen-bond acceptors (Lipinski definition) is 5. The quantitative estimate of drug-likeness (QED) is 0.648. The molecule has 0 amide bonds. The number of aliphatic hydroxyl groups excluding tert-OH is 1. The molecule has 1 aromatic carbocycles. The first-order valence-corrected chi connectivity index (χ1v) is 4.76. The normalized spacial score (nSPS) is 11.9. The van der Waals surface area contributed by atoms with Gasteiger partial charge < -0.3 is 20.1 Å². The molecule has 0 saturated carbocycles. The summed E-state index contributed by atoms with van der Waals surface area (Å²) in [6.07, 6.45) is -1.53. The van der Waals surface area contributed by atoms with E-state index >= 15 is 0 Å². The second-order valence-corrected chi connectivity index (χ2v) is 3.39. The molecule has 0 fully saturated rings. The Hall–Kier alpha value is -2.08. The van der Waals surface area contributed by atoms with Gasteiger partial charge in [-0.15, -0.1) is 0 Å². The van der Waals surface area contributed by atoms with Crippen molar-refractivity contribution in [3.8, 4) is 5.75 Å². The number of aromatic hydroxyl groups is 1. The van der Waals surface area contributed by atoms with Gasteiger partial charge in [-0.05, 0) is 17.7 Å². The van der Waals surface area contributed by atoms with Gasteiger partial charge in [-0.25, -0.2) is 9.59 Å². The number of aromatic carboxylic acids is 1. The van der Waals surface area contributed by atoms with Crippen molar-refractivity contribution in [3.05, 3.63) is 29.3 Å². The van der Waals surface area contributed by atoms with Crippen LogP contribution in [0.5, 0.6) is 5.75 Å².